The fourth-order valence-corrected chi connectivity index (χ4v) is 2.61. The number of hydrogen-bond donors (Lipinski definition) is 4. The molecule has 0 atom stereocenters. The van der Waals surface area contributed by atoms with Crippen LogP contribution in [0.4, 0.5) is 5.69 Å². The van der Waals surface area contributed by atoms with Crippen molar-refractivity contribution in [2.75, 3.05) is 18.4 Å². The molecule has 0 heterocycles. The number of amides is 1. The van der Waals surface area contributed by atoms with Gasteiger partial charge in [-0.3, -0.25) is 4.79 Å². The van der Waals surface area contributed by atoms with E-state index >= 15 is 0 Å². The Kier molecular flexibility index (Phi) is 6.87. The maximum Gasteiger partial charge on any atom is 0.246 e. The van der Waals surface area contributed by atoms with Gasteiger partial charge >= 0.3 is 0 Å². The van der Waals surface area contributed by atoms with Gasteiger partial charge in [0.15, 0.2) is 5.96 Å². The zero-order chi connectivity index (χ0) is 16.5. The second kappa shape index (κ2) is 9.15. The predicted octanol–water partition coefficient (Wildman–Crippen LogP) is 1.48. The number of aliphatic hydroxyl groups excluding tert-OH is 1. The van der Waals surface area contributed by atoms with Crippen LogP contribution in [0.5, 0.6) is 0 Å². The number of anilines is 1. The van der Waals surface area contributed by atoms with E-state index in [1.807, 2.05) is 37.3 Å². The summed E-state index contributed by atoms with van der Waals surface area (Å²) < 4.78 is 0. The molecule has 4 N–H and O–H groups in total. The molecule has 6 nitrogen and oxygen atoms in total. The first-order valence-electron chi connectivity index (χ1n) is 8.25. The van der Waals surface area contributed by atoms with Crippen molar-refractivity contribution >= 4 is 17.6 Å². The van der Waals surface area contributed by atoms with Gasteiger partial charge in [-0.25, -0.2) is 4.99 Å². The molecule has 1 fully saturated rings. The van der Waals surface area contributed by atoms with Crippen molar-refractivity contribution in [1.29, 1.82) is 0 Å². The minimum Gasteiger partial charge on any atom is -0.393 e. The molecule has 1 aliphatic rings. The van der Waals surface area contributed by atoms with Crippen molar-refractivity contribution in [3.8, 4) is 0 Å². The third kappa shape index (κ3) is 6.28. The Morgan fingerprint density at radius 1 is 1.22 bits per heavy atom. The van der Waals surface area contributed by atoms with E-state index < -0.39 is 0 Å². The lowest BCUT2D eigenvalue weighted by atomic mass is 9.93. The average Bonchev–Trinajstić information content (AvgIpc) is 2.56. The van der Waals surface area contributed by atoms with E-state index in [1.165, 1.54) is 0 Å². The van der Waals surface area contributed by atoms with Gasteiger partial charge in [0.1, 0.15) is 6.54 Å². The number of hydrogen-bond acceptors (Lipinski definition) is 3. The molecule has 0 saturated heterocycles. The molecule has 1 saturated carbocycles. The lowest BCUT2D eigenvalue weighted by Crippen LogP contribution is -2.45. The molecule has 0 aromatic heterocycles. The maximum atomic E-state index is 11.9. The Bertz CT molecular complexity index is 511. The van der Waals surface area contributed by atoms with E-state index in [2.05, 4.69) is 20.9 Å². The summed E-state index contributed by atoms with van der Waals surface area (Å²) in [7, 11) is 0. The van der Waals surface area contributed by atoms with Crippen LogP contribution in [0, 0.1) is 0 Å². The van der Waals surface area contributed by atoms with Crippen LogP contribution in [0.1, 0.15) is 32.6 Å². The summed E-state index contributed by atoms with van der Waals surface area (Å²) in [5.74, 6) is 0.504. The largest absolute Gasteiger partial charge is 0.393 e. The number of benzene rings is 1. The highest BCUT2D eigenvalue weighted by molar-refractivity contribution is 5.94. The Morgan fingerprint density at radius 3 is 2.57 bits per heavy atom. The Labute approximate surface area is 137 Å². The second-order valence-corrected chi connectivity index (χ2v) is 5.76. The minimum absolute atomic E-state index is 0.0690. The number of carbonyl (C=O) groups is 1. The fraction of sp³-hybridized carbons (Fsp3) is 0.529. The summed E-state index contributed by atoms with van der Waals surface area (Å²) in [6, 6.07) is 9.65. The number of para-hydroxylation sites is 1. The first-order valence-corrected chi connectivity index (χ1v) is 8.25. The van der Waals surface area contributed by atoms with Gasteiger partial charge in [-0.1, -0.05) is 18.2 Å². The van der Waals surface area contributed by atoms with Crippen LogP contribution in [0.15, 0.2) is 35.3 Å². The van der Waals surface area contributed by atoms with Crippen LogP contribution in [0.2, 0.25) is 0 Å². The van der Waals surface area contributed by atoms with Crippen molar-refractivity contribution in [3.63, 3.8) is 0 Å². The lowest BCUT2D eigenvalue weighted by Gasteiger charge is -2.27. The van der Waals surface area contributed by atoms with Gasteiger partial charge in [-0.05, 0) is 44.7 Å². The van der Waals surface area contributed by atoms with Crippen LogP contribution in [0.3, 0.4) is 0 Å². The third-order valence-electron chi connectivity index (χ3n) is 3.82. The van der Waals surface area contributed by atoms with Crippen LogP contribution in [0.25, 0.3) is 0 Å². The predicted molar refractivity (Wildman–Crippen MR) is 92.4 cm³/mol. The highest BCUT2D eigenvalue weighted by Gasteiger charge is 2.20. The molecule has 2 rings (SSSR count). The molecule has 126 valence electrons. The number of carbonyl (C=O) groups excluding carboxylic acids is 1. The number of aliphatic hydroxyl groups is 1. The SMILES string of the molecule is CCNC(=NCC(=O)Nc1ccccc1)NC1CCC(O)CC1. The quantitative estimate of drug-likeness (QED) is 0.489. The number of nitrogens with one attached hydrogen (secondary N) is 3. The molecular weight excluding hydrogens is 292 g/mol. The smallest absolute Gasteiger partial charge is 0.246 e. The summed E-state index contributed by atoms with van der Waals surface area (Å²) >= 11 is 0. The molecule has 1 aromatic rings. The van der Waals surface area contributed by atoms with Gasteiger partial charge in [0, 0.05) is 18.3 Å². The van der Waals surface area contributed by atoms with Gasteiger partial charge in [0.25, 0.3) is 0 Å². The topological polar surface area (TPSA) is 85.8 Å². The molecule has 1 amide bonds. The summed E-state index contributed by atoms with van der Waals surface area (Å²) in [6.45, 7) is 2.80. The highest BCUT2D eigenvalue weighted by Crippen LogP contribution is 2.18. The lowest BCUT2D eigenvalue weighted by molar-refractivity contribution is -0.114. The van der Waals surface area contributed by atoms with Crippen LogP contribution < -0.4 is 16.0 Å². The van der Waals surface area contributed by atoms with Gasteiger partial charge in [-0.15, -0.1) is 0 Å². The zero-order valence-corrected chi connectivity index (χ0v) is 13.6. The van der Waals surface area contributed by atoms with Crippen LogP contribution in [-0.2, 0) is 4.79 Å². The normalized spacial score (nSPS) is 21.6. The van der Waals surface area contributed by atoms with E-state index in [0.717, 1.165) is 37.9 Å². The van der Waals surface area contributed by atoms with E-state index in [0.29, 0.717) is 12.0 Å². The summed E-state index contributed by atoms with van der Waals surface area (Å²) in [6.07, 6.45) is 3.28. The maximum absolute atomic E-state index is 11.9. The minimum atomic E-state index is -0.177. The molecule has 1 aliphatic carbocycles. The zero-order valence-electron chi connectivity index (χ0n) is 13.6. The van der Waals surface area contributed by atoms with Crippen molar-refractivity contribution in [2.45, 2.75) is 44.8 Å². The van der Waals surface area contributed by atoms with Gasteiger partial charge in [0.2, 0.25) is 5.91 Å². The van der Waals surface area contributed by atoms with Crippen molar-refractivity contribution < 1.29 is 9.90 Å². The van der Waals surface area contributed by atoms with Gasteiger partial charge in [0.05, 0.1) is 6.10 Å². The number of aliphatic imine (C=N–C) groups is 1. The Morgan fingerprint density at radius 2 is 1.91 bits per heavy atom. The second-order valence-electron chi connectivity index (χ2n) is 5.76. The summed E-state index contributed by atoms with van der Waals surface area (Å²) in [5, 5.41) is 18.9. The average molecular weight is 318 g/mol. The molecule has 6 heteroatoms. The number of rotatable bonds is 5. The molecule has 1 aromatic carbocycles. The first-order chi connectivity index (χ1) is 11.2. The summed E-state index contributed by atoms with van der Waals surface area (Å²) in [5.41, 5.74) is 0.770. The van der Waals surface area contributed by atoms with Crippen LogP contribution >= 0.6 is 0 Å². The highest BCUT2D eigenvalue weighted by atomic mass is 16.3. The first kappa shape index (κ1) is 17.3. The Balaban J connectivity index is 1.84. The molecule has 0 unspecified atom stereocenters. The van der Waals surface area contributed by atoms with E-state index in [1.54, 1.807) is 0 Å². The third-order valence-corrected chi connectivity index (χ3v) is 3.82. The standard InChI is InChI=1S/C17H26N4O2/c1-2-18-17(21-14-8-10-15(22)11-9-14)19-12-16(23)20-13-6-4-3-5-7-13/h3-7,14-15,22H,2,8-12H2,1H3,(H,20,23)(H2,18,19,21). The van der Waals surface area contributed by atoms with E-state index in [4.69, 9.17) is 0 Å². The molecule has 23 heavy (non-hydrogen) atoms. The molecule has 0 radical (unpaired) electrons. The monoisotopic (exact) mass is 318 g/mol. The van der Waals surface area contributed by atoms with Crippen LogP contribution in [-0.4, -0.2) is 42.2 Å². The Hall–Kier alpha value is -2.08. The van der Waals surface area contributed by atoms with Gasteiger partial charge in [-0.2, -0.15) is 0 Å². The molecular formula is C17H26N4O2. The van der Waals surface area contributed by atoms with Crippen molar-refractivity contribution in [1.82, 2.24) is 10.6 Å². The van der Waals surface area contributed by atoms with E-state index in [9.17, 15) is 9.90 Å². The number of guanidine groups is 1. The van der Waals surface area contributed by atoms with Crippen molar-refractivity contribution in [2.24, 2.45) is 4.99 Å². The molecule has 0 spiro atoms. The van der Waals surface area contributed by atoms with Crippen molar-refractivity contribution in [3.05, 3.63) is 30.3 Å². The fourth-order valence-electron chi connectivity index (χ4n) is 2.61. The summed E-state index contributed by atoms with van der Waals surface area (Å²) in [4.78, 5) is 16.3. The van der Waals surface area contributed by atoms with Gasteiger partial charge < -0.3 is 21.1 Å². The number of nitrogens with zero attached hydrogens (tertiary/aromatic N) is 1. The van der Waals surface area contributed by atoms with E-state index in [-0.39, 0.29) is 18.6 Å². The molecule has 0 bridgehead atoms. The molecule has 0 aliphatic heterocycles.